The van der Waals surface area contributed by atoms with Crippen LogP contribution in [0.5, 0.6) is 0 Å². The first-order valence-electron chi connectivity index (χ1n) is 9.03. The largest absolute Gasteiger partial charge is 0.372 e. The number of carbonyl (C=O) groups is 1. The molecule has 1 amide bonds. The average molecular weight is 337 g/mol. The van der Waals surface area contributed by atoms with Gasteiger partial charge in [0.15, 0.2) is 0 Å². The highest BCUT2D eigenvalue weighted by molar-refractivity contribution is 5.93. The molecule has 25 heavy (non-hydrogen) atoms. The lowest BCUT2D eigenvalue weighted by molar-refractivity contribution is 0.0946. The Labute approximate surface area is 147 Å². The van der Waals surface area contributed by atoms with E-state index in [1.54, 1.807) is 6.07 Å². The zero-order valence-corrected chi connectivity index (χ0v) is 14.2. The predicted molar refractivity (Wildman–Crippen MR) is 98.3 cm³/mol. The molecule has 0 spiro atoms. The minimum Gasteiger partial charge on any atom is -0.372 e. The van der Waals surface area contributed by atoms with Crippen molar-refractivity contribution in [2.24, 2.45) is 0 Å². The van der Waals surface area contributed by atoms with Gasteiger partial charge in [0, 0.05) is 36.6 Å². The van der Waals surface area contributed by atoms with E-state index < -0.39 is 0 Å². The van der Waals surface area contributed by atoms with Gasteiger partial charge in [0.2, 0.25) is 0 Å². The Hall–Kier alpha value is -2.63. The molecule has 0 bridgehead atoms. The fourth-order valence-electron chi connectivity index (χ4n) is 3.09. The highest BCUT2D eigenvalue weighted by Gasteiger charge is 2.24. The molecule has 2 heterocycles. The fraction of sp³-hybridized carbons (Fsp3) is 0.421. The van der Waals surface area contributed by atoms with Crippen molar-refractivity contribution in [1.82, 2.24) is 15.3 Å². The summed E-state index contributed by atoms with van der Waals surface area (Å²) in [6.07, 6.45) is 7.42. The van der Waals surface area contributed by atoms with Crippen LogP contribution in [0.2, 0.25) is 0 Å². The van der Waals surface area contributed by atoms with Crippen LogP contribution in [0.1, 0.15) is 42.6 Å². The van der Waals surface area contributed by atoms with Gasteiger partial charge >= 0.3 is 0 Å². The van der Waals surface area contributed by atoms with Crippen LogP contribution >= 0.6 is 0 Å². The van der Waals surface area contributed by atoms with Crippen LogP contribution in [0.15, 0.2) is 36.7 Å². The molecule has 6 nitrogen and oxygen atoms in total. The number of hydrogen-bond donors (Lipinski definition) is 2. The van der Waals surface area contributed by atoms with Crippen LogP contribution in [-0.2, 0) is 0 Å². The number of nitrogens with one attached hydrogen (secondary N) is 2. The smallest absolute Gasteiger partial charge is 0.270 e. The first kappa shape index (κ1) is 15.9. The van der Waals surface area contributed by atoms with E-state index in [-0.39, 0.29) is 5.91 Å². The van der Waals surface area contributed by atoms with Crippen molar-refractivity contribution >= 4 is 23.1 Å². The Balaban J connectivity index is 1.41. The number of benzene rings is 1. The van der Waals surface area contributed by atoms with Crippen molar-refractivity contribution in [2.75, 3.05) is 23.3 Å². The summed E-state index contributed by atoms with van der Waals surface area (Å²) in [6, 6.07) is 10.4. The summed E-state index contributed by atoms with van der Waals surface area (Å²) in [5, 5.41) is 6.19. The van der Waals surface area contributed by atoms with E-state index >= 15 is 0 Å². The van der Waals surface area contributed by atoms with Crippen LogP contribution in [0.25, 0.3) is 0 Å². The number of aromatic nitrogens is 2. The SMILES string of the molecule is O=C(NC1CC1)c1cc(Nc2ccc(N3CCCCC3)cc2)ncn1. The van der Waals surface area contributed by atoms with Crippen molar-refractivity contribution in [3.63, 3.8) is 0 Å². The van der Waals surface area contributed by atoms with E-state index in [1.807, 2.05) is 0 Å². The summed E-state index contributed by atoms with van der Waals surface area (Å²) in [7, 11) is 0. The molecular formula is C19H23N5O. The van der Waals surface area contributed by atoms with Gasteiger partial charge in [-0.3, -0.25) is 4.79 Å². The van der Waals surface area contributed by atoms with Gasteiger partial charge in [-0.15, -0.1) is 0 Å². The maximum Gasteiger partial charge on any atom is 0.270 e. The second-order valence-corrected chi connectivity index (χ2v) is 6.76. The Bertz CT molecular complexity index is 736. The van der Waals surface area contributed by atoms with E-state index in [9.17, 15) is 4.79 Å². The summed E-state index contributed by atoms with van der Waals surface area (Å²) in [4.78, 5) is 22.8. The van der Waals surface area contributed by atoms with Gasteiger partial charge in [0.05, 0.1) is 0 Å². The third kappa shape index (κ3) is 4.07. The third-order valence-electron chi connectivity index (χ3n) is 4.67. The summed E-state index contributed by atoms with van der Waals surface area (Å²) in [5.41, 5.74) is 2.61. The summed E-state index contributed by atoms with van der Waals surface area (Å²) in [6.45, 7) is 2.27. The quantitative estimate of drug-likeness (QED) is 0.877. The Morgan fingerprint density at radius 1 is 1.04 bits per heavy atom. The molecule has 0 atom stereocenters. The molecule has 1 aromatic heterocycles. The van der Waals surface area contributed by atoms with Crippen LogP contribution < -0.4 is 15.5 Å². The lowest BCUT2D eigenvalue weighted by atomic mass is 10.1. The normalized spacial score (nSPS) is 17.2. The number of nitrogens with zero attached hydrogens (tertiary/aromatic N) is 3. The predicted octanol–water partition coefficient (Wildman–Crippen LogP) is 3.10. The summed E-state index contributed by atoms with van der Waals surface area (Å²) < 4.78 is 0. The van der Waals surface area contributed by atoms with E-state index in [1.165, 1.54) is 31.3 Å². The molecule has 1 aromatic carbocycles. The zero-order chi connectivity index (χ0) is 17.1. The van der Waals surface area contributed by atoms with Crippen molar-refractivity contribution in [2.45, 2.75) is 38.1 Å². The van der Waals surface area contributed by atoms with E-state index in [0.717, 1.165) is 31.6 Å². The molecule has 0 radical (unpaired) electrons. The highest BCUT2D eigenvalue weighted by Crippen LogP contribution is 2.23. The van der Waals surface area contributed by atoms with E-state index in [2.05, 4.69) is 49.8 Å². The van der Waals surface area contributed by atoms with Crippen molar-refractivity contribution in [3.05, 3.63) is 42.4 Å². The van der Waals surface area contributed by atoms with E-state index in [0.29, 0.717) is 17.6 Å². The van der Waals surface area contributed by atoms with Crippen LogP contribution in [0.4, 0.5) is 17.2 Å². The molecule has 0 unspecified atom stereocenters. The maximum atomic E-state index is 12.1. The number of anilines is 3. The van der Waals surface area contributed by atoms with Gasteiger partial charge in [0.25, 0.3) is 5.91 Å². The van der Waals surface area contributed by atoms with Crippen molar-refractivity contribution in [3.8, 4) is 0 Å². The molecule has 1 aliphatic heterocycles. The molecule has 4 rings (SSSR count). The summed E-state index contributed by atoms with van der Waals surface area (Å²) in [5.74, 6) is 0.495. The number of rotatable bonds is 5. The van der Waals surface area contributed by atoms with Gasteiger partial charge in [-0.05, 0) is 56.4 Å². The van der Waals surface area contributed by atoms with Gasteiger partial charge in [-0.25, -0.2) is 9.97 Å². The average Bonchev–Trinajstić information content (AvgIpc) is 3.47. The second kappa shape index (κ2) is 7.09. The number of amides is 1. The fourth-order valence-corrected chi connectivity index (χ4v) is 3.09. The molecule has 1 aliphatic carbocycles. The van der Waals surface area contributed by atoms with Crippen molar-refractivity contribution < 1.29 is 4.79 Å². The van der Waals surface area contributed by atoms with Crippen LogP contribution in [0.3, 0.4) is 0 Å². The van der Waals surface area contributed by atoms with Crippen LogP contribution in [0, 0.1) is 0 Å². The van der Waals surface area contributed by atoms with Gasteiger partial charge in [0.1, 0.15) is 17.8 Å². The monoisotopic (exact) mass is 337 g/mol. The molecule has 1 saturated carbocycles. The van der Waals surface area contributed by atoms with Gasteiger partial charge < -0.3 is 15.5 Å². The molecule has 1 saturated heterocycles. The Morgan fingerprint density at radius 3 is 2.52 bits per heavy atom. The minimum absolute atomic E-state index is 0.131. The molecule has 2 N–H and O–H groups in total. The lowest BCUT2D eigenvalue weighted by Gasteiger charge is -2.28. The first-order chi connectivity index (χ1) is 12.3. The molecule has 6 heteroatoms. The van der Waals surface area contributed by atoms with Gasteiger partial charge in [-0.1, -0.05) is 0 Å². The Kier molecular flexibility index (Phi) is 4.50. The number of piperidine rings is 1. The molecule has 2 aromatic rings. The maximum absolute atomic E-state index is 12.1. The number of hydrogen-bond acceptors (Lipinski definition) is 5. The standard InChI is InChI=1S/C19H23N5O/c25-19(23-15-4-5-15)17-12-18(21-13-20-17)22-14-6-8-16(9-7-14)24-10-2-1-3-11-24/h6-9,12-13,15H,1-5,10-11H2,(H,23,25)(H,20,21,22). The topological polar surface area (TPSA) is 70.2 Å². The lowest BCUT2D eigenvalue weighted by Crippen LogP contribution is -2.29. The molecule has 2 aliphatic rings. The molecular weight excluding hydrogens is 314 g/mol. The van der Waals surface area contributed by atoms with E-state index in [4.69, 9.17) is 0 Å². The van der Waals surface area contributed by atoms with Gasteiger partial charge in [-0.2, -0.15) is 0 Å². The summed E-state index contributed by atoms with van der Waals surface area (Å²) >= 11 is 0. The Morgan fingerprint density at radius 2 is 1.80 bits per heavy atom. The molecule has 2 fully saturated rings. The number of carbonyl (C=O) groups excluding carboxylic acids is 1. The second-order valence-electron chi connectivity index (χ2n) is 6.76. The first-order valence-corrected chi connectivity index (χ1v) is 9.03. The molecule has 130 valence electrons. The third-order valence-corrected chi connectivity index (χ3v) is 4.67. The minimum atomic E-state index is -0.131. The van der Waals surface area contributed by atoms with Crippen LogP contribution in [-0.4, -0.2) is 35.0 Å². The zero-order valence-electron chi connectivity index (χ0n) is 14.2. The van der Waals surface area contributed by atoms with Crippen molar-refractivity contribution in [1.29, 1.82) is 0 Å². The highest BCUT2D eigenvalue weighted by atomic mass is 16.2.